The Balaban J connectivity index is 1.40. The van der Waals surface area contributed by atoms with Gasteiger partial charge >= 0.3 is 5.97 Å². The van der Waals surface area contributed by atoms with Crippen molar-refractivity contribution in [3.63, 3.8) is 0 Å². The van der Waals surface area contributed by atoms with Crippen molar-refractivity contribution >= 4 is 40.8 Å². The fourth-order valence-electron chi connectivity index (χ4n) is 4.89. The number of aliphatic carboxylic acids is 1. The Morgan fingerprint density at radius 1 is 1.00 bits per heavy atom. The third-order valence-corrected chi connectivity index (χ3v) is 6.98. The molecule has 2 aromatic heterocycles. The molecule has 0 saturated carbocycles. The van der Waals surface area contributed by atoms with Gasteiger partial charge in [0.2, 0.25) is 5.43 Å². The first-order chi connectivity index (χ1) is 19.5. The molecule has 0 saturated heterocycles. The third kappa shape index (κ3) is 5.29. The lowest BCUT2D eigenvalue weighted by atomic mass is 10.0. The largest absolute Gasteiger partial charge is 0.481 e. The number of anilines is 2. The topological polar surface area (TPSA) is 144 Å². The summed E-state index contributed by atoms with van der Waals surface area (Å²) >= 11 is 0. The van der Waals surface area contributed by atoms with Crippen LogP contribution in [-0.2, 0) is 16.0 Å². The fraction of sp³-hybridized carbons (Fsp3) is 0.133. The fourth-order valence-corrected chi connectivity index (χ4v) is 4.89. The number of nitrogens with one attached hydrogen (secondary N) is 4. The second kappa shape index (κ2) is 10.7. The Labute approximate surface area is 231 Å². The van der Waals surface area contributed by atoms with Crippen molar-refractivity contribution in [2.24, 2.45) is 0 Å². The summed E-state index contributed by atoms with van der Waals surface area (Å²) in [4.78, 5) is 55.6. The van der Waals surface area contributed by atoms with Gasteiger partial charge in [-0.2, -0.15) is 0 Å². The van der Waals surface area contributed by atoms with E-state index >= 15 is 0 Å². The number of pyridine rings is 1. The molecule has 3 heterocycles. The van der Waals surface area contributed by atoms with Crippen LogP contribution in [0.25, 0.3) is 22.8 Å². The molecule has 9 nitrogen and oxygen atoms in total. The molecule has 0 unspecified atom stereocenters. The van der Waals surface area contributed by atoms with Gasteiger partial charge in [-0.1, -0.05) is 6.07 Å². The lowest BCUT2D eigenvalue weighted by Crippen LogP contribution is -2.23. The minimum absolute atomic E-state index is 0.00729. The standard InChI is InChI=1S/C30H24F2N4O5/c1-14-18(7-8-27(37)38)15(2)34-25(14)11-21-20-6-4-17(10-26(20)36-29(21)40)35-30(41)23-13-33-12-22(28(23)39)19-5-3-16(31)9-24(19)32/h3-6,9-13,34H,7-8H2,1-2H3,(H,33,39)(H,35,41)(H,36,40)(H,37,38)/b21-11-. The molecule has 41 heavy (non-hydrogen) atoms. The van der Waals surface area contributed by atoms with Crippen LogP contribution in [-0.4, -0.2) is 32.9 Å². The summed E-state index contributed by atoms with van der Waals surface area (Å²) in [5.41, 5.74) is 3.68. The quantitative estimate of drug-likeness (QED) is 0.202. The van der Waals surface area contributed by atoms with Crippen LogP contribution in [0.4, 0.5) is 20.2 Å². The number of hydrogen-bond acceptors (Lipinski definition) is 4. The summed E-state index contributed by atoms with van der Waals surface area (Å²) in [6.45, 7) is 3.71. The van der Waals surface area contributed by atoms with Gasteiger partial charge in [-0.3, -0.25) is 19.2 Å². The SMILES string of the molecule is Cc1[nH]c(/C=C2\C(=O)Nc3cc(NC(=O)c4c[nH]cc(-c5ccc(F)cc5F)c4=O)ccc32)c(C)c1CCC(=O)O. The van der Waals surface area contributed by atoms with E-state index in [9.17, 15) is 28.0 Å². The number of aryl methyl sites for hydroxylation is 1. The molecule has 0 fully saturated rings. The van der Waals surface area contributed by atoms with Crippen LogP contribution in [0.15, 0.2) is 53.6 Å². The minimum Gasteiger partial charge on any atom is -0.481 e. The lowest BCUT2D eigenvalue weighted by molar-refractivity contribution is -0.137. The van der Waals surface area contributed by atoms with Crippen LogP contribution in [0.3, 0.4) is 0 Å². The van der Waals surface area contributed by atoms with Gasteiger partial charge < -0.3 is 25.7 Å². The summed E-state index contributed by atoms with van der Waals surface area (Å²) in [6.07, 6.45) is 4.47. The van der Waals surface area contributed by atoms with Crippen molar-refractivity contribution in [3.05, 3.63) is 104 Å². The maximum absolute atomic E-state index is 14.3. The zero-order chi connectivity index (χ0) is 29.4. The van der Waals surface area contributed by atoms with E-state index in [1.165, 1.54) is 12.4 Å². The van der Waals surface area contributed by atoms with Crippen molar-refractivity contribution in [1.82, 2.24) is 9.97 Å². The molecule has 1 aliphatic rings. The summed E-state index contributed by atoms with van der Waals surface area (Å²) in [5, 5.41) is 14.4. The first-order valence-corrected chi connectivity index (χ1v) is 12.6. The van der Waals surface area contributed by atoms with Crippen molar-refractivity contribution in [3.8, 4) is 11.1 Å². The Morgan fingerprint density at radius 3 is 2.49 bits per heavy atom. The molecule has 0 atom stereocenters. The predicted octanol–water partition coefficient (Wildman–Crippen LogP) is 5.03. The molecule has 2 amide bonds. The lowest BCUT2D eigenvalue weighted by Gasteiger charge is -2.09. The Morgan fingerprint density at radius 2 is 1.76 bits per heavy atom. The highest BCUT2D eigenvalue weighted by Crippen LogP contribution is 2.36. The van der Waals surface area contributed by atoms with E-state index in [0.717, 1.165) is 29.0 Å². The number of aromatic nitrogens is 2. The molecule has 5 N–H and O–H groups in total. The van der Waals surface area contributed by atoms with E-state index in [-0.39, 0.29) is 29.0 Å². The van der Waals surface area contributed by atoms with Crippen LogP contribution in [0.2, 0.25) is 0 Å². The average molecular weight is 559 g/mol. The molecule has 4 aromatic rings. The number of carbonyl (C=O) groups excluding carboxylic acids is 2. The number of carbonyl (C=O) groups is 3. The van der Waals surface area contributed by atoms with E-state index in [2.05, 4.69) is 20.6 Å². The maximum Gasteiger partial charge on any atom is 0.303 e. The monoisotopic (exact) mass is 558 g/mol. The zero-order valence-electron chi connectivity index (χ0n) is 21.9. The zero-order valence-corrected chi connectivity index (χ0v) is 21.9. The van der Waals surface area contributed by atoms with Crippen molar-refractivity contribution < 1.29 is 28.3 Å². The second-order valence-corrected chi connectivity index (χ2v) is 9.62. The number of fused-ring (bicyclic) bond motifs is 1. The molecule has 2 aromatic carbocycles. The third-order valence-electron chi connectivity index (χ3n) is 6.98. The summed E-state index contributed by atoms with van der Waals surface area (Å²) in [5.74, 6) is -3.74. The van der Waals surface area contributed by atoms with Crippen LogP contribution in [0.1, 0.15) is 44.9 Å². The van der Waals surface area contributed by atoms with Crippen LogP contribution < -0.4 is 16.1 Å². The van der Waals surface area contributed by atoms with Gasteiger partial charge in [0.1, 0.15) is 17.2 Å². The number of carboxylic acids is 1. The maximum atomic E-state index is 14.3. The Hall–Kier alpha value is -5.32. The van der Waals surface area contributed by atoms with Gasteiger partial charge in [0.15, 0.2) is 0 Å². The van der Waals surface area contributed by atoms with E-state index in [4.69, 9.17) is 5.11 Å². The molecule has 11 heteroatoms. The molecular weight excluding hydrogens is 534 g/mol. The highest BCUT2D eigenvalue weighted by Gasteiger charge is 2.26. The van der Waals surface area contributed by atoms with Gasteiger partial charge in [-0.25, -0.2) is 8.78 Å². The summed E-state index contributed by atoms with van der Waals surface area (Å²) in [6, 6.07) is 7.57. The highest BCUT2D eigenvalue weighted by molar-refractivity contribution is 6.35. The molecule has 0 spiro atoms. The molecule has 1 aliphatic heterocycles. The number of H-pyrrole nitrogens is 2. The van der Waals surface area contributed by atoms with Crippen LogP contribution in [0.5, 0.6) is 0 Å². The summed E-state index contributed by atoms with van der Waals surface area (Å²) in [7, 11) is 0. The van der Waals surface area contributed by atoms with Crippen molar-refractivity contribution in [2.75, 3.05) is 10.6 Å². The molecule has 0 aliphatic carbocycles. The molecule has 208 valence electrons. The molecule has 0 radical (unpaired) electrons. The smallest absolute Gasteiger partial charge is 0.303 e. The Kier molecular flexibility index (Phi) is 7.10. The van der Waals surface area contributed by atoms with Crippen molar-refractivity contribution in [2.45, 2.75) is 26.7 Å². The highest BCUT2D eigenvalue weighted by atomic mass is 19.1. The van der Waals surface area contributed by atoms with E-state index in [0.29, 0.717) is 40.7 Å². The van der Waals surface area contributed by atoms with Gasteiger partial charge in [0.25, 0.3) is 11.8 Å². The number of carboxylic acid groups (broad SMARTS) is 1. The van der Waals surface area contributed by atoms with Gasteiger partial charge in [-0.15, -0.1) is 0 Å². The Bertz CT molecular complexity index is 1840. The van der Waals surface area contributed by atoms with Crippen molar-refractivity contribution in [1.29, 1.82) is 0 Å². The average Bonchev–Trinajstić information content (AvgIpc) is 3.36. The predicted molar refractivity (Wildman–Crippen MR) is 150 cm³/mol. The van der Waals surface area contributed by atoms with Gasteiger partial charge in [-0.05, 0) is 61.7 Å². The van der Waals surface area contributed by atoms with E-state index in [1.807, 2.05) is 13.8 Å². The second-order valence-electron chi connectivity index (χ2n) is 9.62. The molecule has 5 rings (SSSR count). The number of aromatic amines is 2. The first-order valence-electron chi connectivity index (χ1n) is 12.6. The number of halogens is 2. The number of rotatable bonds is 7. The molecular formula is C30H24F2N4O5. The number of benzene rings is 2. The number of amides is 2. The normalized spacial score (nSPS) is 13.3. The minimum atomic E-state index is -0.938. The summed E-state index contributed by atoms with van der Waals surface area (Å²) < 4.78 is 27.6. The molecule has 0 bridgehead atoms. The number of hydrogen-bond donors (Lipinski definition) is 5. The van der Waals surface area contributed by atoms with Crippen LogP contribution in [0, 0.1) is 25.5 Å². The van der Waals surface area contributed by atoms with Crippen LogP contribution >= 0.6 is 0 Å². The first kappa shape index (κ1) is 27.3. The van der Waals surface area contributed by atoms with Gasteiger partial charge in [0.05, 0.1) is 11.3 Å². The van der Waals surface area contributed by atoms with E-state index in [1.54, 1.807) is 24.3 Å². The van der Waals surface area contributed by atoms with E-state index < -0.39 is 28.9 Å². The van der Waals surface area contributed by atoms with Gasteiger partial charge in [0, 0.05) is 58.6 Å².